The molecule has 2 aromatic heterocycles. The summed E-state index contributed by atoms with van der Waals surface area (Å²) in [5.41, 5.74) is 2.85. The molecular formula is C15H14N4O2. The molecule has 3 rings (SSSR count). The monoisotopic (exact) mass is 282 g/mol. The third-order valence-electron chi connectivity index (χ3n) is 3.02. The summed E-state index contributed by atoms with van der Waals surface area (Å²) >= 11 is 0. The minimum atomic E-state index is -0.225. The van der Waals surface area contributed by atoms with Gasteiger partial charge in [-0.15, -0.1) is 0 Å². The molecule has 2 heterocycles. The maximum atomic E-state index is 12.0. The van der Waals surface area contributed by atoms with Crippen molar-refractivity contribution in [3.05, 3.63) is 53.4 Å². The number of oxazole rings is 1. The van der Waals surface area contributed by atoms with Crippen LogP contribution in [0.15, 0.2) is 34.9 Å². The number of aromatic nitrogens is 3. The first kappa shape index (κ1) is 13.2. The molecule has 0 unspecified atom stereocenters. The van der Waals surface area contributed by atoms with Crippen molar-refractivity contribution in [2.45, 2.75) is 20.4 Å². The number of hydrogen-bond acceptors (Lipinski definition) is 5. The van der Waals surface area contributed by atoms with Crippen LogP contribution in [0.25, 0.3) is 11.1 Å². The predicted octanol–water partition coefficient (Wildman–Crippen LogP) is 2.16. The Labute approximate surface area is 121 Å². The average Bonchev–Trinajstić information content (AvgIpc) is 2.84. The molecule has 0 spiro atoms. The van der Waals surface area contributed by atoms with Crippen LogP contribution in [0.2, 0.25) is 0 Å². The zero-order valence-electron chi connectivity index (χ0n) is 11.8. The highest BCUT2D eigenvalue weighted by Crippen LogP contribution is 2.16. The Bertz CT molecular complexity index is 810. The Morgan fingerprint density at radius 1 is 1.24 bits per heavy atom. The number of aryl methyl sites for hydroxylation is 2. The lowest BCUT2D eigenvalue weighted by Gasteiger charge is -2.05. The number of benzene rings is 1. The third-order valence-corrected chi connectivity index (χ3v) is 3.02. The smallest absolute Gasteiger partial charge is 0.270 e. The molecule has 0 saturated heterocycles. The van der Waals surface area contributed by atoms with Gasteiger partial charge in [0, 0.05) is 19.7 Å². The number of carbonyl (C=O) groups is 1. The molecule has 106 valence electrons. The lowest BCUT2D eigenvalue weighted by Crippen LogP contribution is -2.24. The molecule has 0 radical (unpaired) electrons. The molecule has 0 atom stereocenters. The Hall–Kier alpha value is -2.76. The third kappa shape index (κ3) is 2.89. The largest absolute Gasteiger partial charge is 0.441 e. The van der Waals surface area contributed by atoms with Gasteiger partial charge in [0.15, 0.2) is 11.5 Å². The van der Waals surface area contributed by atoms with E-state index in [4.69, 9.17) is 4.42 Å². The molecule has 0 aliphatic carbocycles. The Morgan fingerprint density at radius 3 is 2.90 bits per heavy atom. The van der Waals surface area contributed by atoms with Gasteiger partial charge in [0.05, 0.1) is 0 Å². The number of amides is 1. The van der Waals surface area contributed by atoms with E-state index in [-0.39, 0.29) is 5.91 Å². The second-order valence-electron chi connectivity index (χ2n) is 4.71. The topological polar surface area (TPSA) is 80.9 Å². The Balaban J connectivity index is 1.72. The molecule has 6 nitrogen and oxygen atoms in total. The Kier molecular flexibility index (Phi) is 3.35. The quantitative estimate of drug-likeness (QED) is 0.796. The van der Waals surface area contributed by atoms with Gasteiger partial charge in [0.25, 0.3) is 5.91 Å². The van der Waals surface area contributed by atoms with Crippen molar-refractivity contribution in [1.82, 2.24) is 20.3 Å². The molecule has 1 N–H and O–H groups in total. The summed E-state index contributed by atoms with van der Waals surface area (Å²) in [5, 5.41) is 2.83. The van der Waals surface area contributed by atoms with E-state index < -0.39 is 0 Å². The summed E-state index contributed by atoms with van der Waals surface area (Å²) in [4.78, 5) is 24.3. The van der Waals surface area contributed by atoms with Crippen molar-refractivity contribution in [3.63, 3.8) is 0 Å². The summed E-state index contributed by atoms with van der Waals surface area (Å²) in [6, 6.07) is 7.24. The zero-order chi connectivity index (χ0) is 14.8. The van der Waals surface area contributed by atoms with Gasteiger partial charge in [-0.1, -0.05) is 6.07 Å². The van der Waals surface area contributed by atoms with Gasteiger partial charge < -0.3 is 9.73 Å². The van der Waals surface area contributed by atoms with E-state index in [1.54, 1.807) is 26.1 Å². The standard InChI is InChI=1S/C15H14N4O2/c1-9-16-6-5-12(18-9)15(20)17-8-11-3-4-14-13(7-11)19-10(2)21-14/h3-7H,8H2,1-2H3,(H,17,20). The number of rotatable bonds is 3. The molecule has 0 aliphatic rings. The second kappa shape index (κ2) is 5.32. The summed E-state index contributed by atoms with van der Waals surface area (Å²) in [6.45, 7) is 3.96. The molecular weight excluding hydrogens is 268 g/mol. The van der Waals surface area contributed by atoms with Crippen LogP contribution in [-0.2, 0) is 6.54 Å². The molecule has 1 amide bonds. The average molecular weight is 282 g/mol. The highest BCUT2D eigenvalue weighted by molar-refractivity contribution is 5.92. The van der Waals surface area contributed by atoms with Crippen molar-refractivity contribution in [2.24, 2.45) is 0 Å². The highest BCUT2D eigenvalue weighted by atomic mass is 16.3. The first-order valence-corrected chi connectivity index (χ1v) is 6.56. The summed E-state index contributed by atoms with van der Waals surface area (Å²) in [5.74, 6) is 0.974. The maximum Gasteiger partial charge on any atom is 0.270 e. The van der Waals surface area contributed by atoms with Gasteiger partial charge in [-0.3, -0.25) is 4.79 Å². The van der Waals surface area contributed by atoms with Gasteiger partial charge in [-0.2, -0.15) is 0 Å². The van der Waals surface area contributed by atoms with Gasteiger partial charge in [0.1, 0.15) is 17.0 Å². The predicted molar refractivity (Wildman–Crippen MR) is 76.7 cm³/mol. The Morgan fingerprint density at radius 2 is 2.10 bits per heavy atom. The van der Waals surface area contributed by atoms with Crippen LogP contribution in [0, 0.1) is 13.8 Å². The number of nitrogens with one attached hydrogen (secondary N) is 1. The zero-order valence-corrected chi connectivity index (χ0v) is 11.8. The van der Waals surface area contributed by atoms with Crippen molar-refractivity contribution >= 4 is 17.0 Å². The second-order valence-corrected chi connectivity index (χ2v) is 4.71. The van der Waals surface area contributed by atoms with Crippen LogP contribution in [0.1, 0.15) is 27.8 Å². The number of carbonyl (C=O) groups excluding carboxylic acids is 1. The first-order chi connectivity index (χ1) is 10.1. The lowest BCUT2D eigenvalue weighted by atomic mass is 10.2. The molecule has 21 heavy (non-hydrogen) atoms. The van der Waals surface area contributed by atoms with Crippen molar-refractivity contribution in [1.29, 1.82) is 0 Å². The van der Waals surface area contributed by atoms with E-state index in [1.807, 2.05) is 18.2 Å². The SMILES string of the molecule is Cc1nccc(C(=O)NCc2ccc3oc(C)nc3c2)n1. The fraction of sp³-hybridized carbons (Fsp3) is 0.200. The minimum Gasteiger partial charge on any atom is -0.441 e. The van der Waals surface area contributed by atoms with Gasteiger partial charge in [-0.05, 0) is 30.7 Å². The number of nitrogens with zero attached hydrogens (tertiary/aromatic N) is 3. The fourth-order valence-corrected chi connectivity index (χ4v) is 2.05. The van der Waals surface area contributed by atoms with E-state index >= 15 is 0 Å². The van der Waals surface area contributed by atoms with Crippen LogP contribution in [0.4, 0.5) is 0 Å². The maximum absolute atomic E-state index is 12.0. The van der Waals surface area contributed by atoms with Crippen LogP contribution in [0.5, 0.6) is 0 Å². The van der Waals surface area contributed by atoms with E-state index in [2.05, 4.69) is 20.3 Å². The number of fused-ring (bicyclic) bond motifs is 1. The first-order valence-electron chi connectivity index (χ1n) is 6.56. The normalized spacial score (nSPS) is 10.8. The summed E-state index contributed by atoms with van der Waals surface area (Å²) in [7, 11) is 0. The molecule has 0 fully saturated rings. The van der Waals surface area contributed by atoms with Crippen LogP contribution in [-0.4, -0.2) is 20.9 Å². The van der Waals surface area contributed by atoms with E-state index in [0.717, 1.165) is 16.7 Å². The van der Waals surface area contributed by atoms with Gasteiger partial charge in [0.2, 0.25) is 0 Å². The highest BCUT2D eigenvalue weighted by Gasteiger charge is 2.08. The molecule has 6 heteroatoms. The van der Waals surface area contributed by atoms with Crippen LogP contribution >= 0.6 is 0 Å². The molecule has 1 aromatic carbocycles. The van der Waals surface area contributed by atoms with Gasteiger partial charge >= 0.3 is 0 Å². The molecule has 3 aromatic rings. The fourth-order valence-electron chi connectivity index (χ4n) is 2.05. The minimum absolute atomic E-state index is 0.225. The molecule has 0 saturated carbocycles. The van der Waals surface area contributed by atoms with Crippen molar-refractivity contribution < 1.29 is 9.21 Å². The van der Waals surface area contributed by atoms with E-state index in [9.17, 15) is 4.79 Å². The van der Waals surface area contributed by atoms with Crippen LogP contribution in [0.3, 0.4) is 0 Å². The van der Waals surface area contributed by atoms with Crippen molar-refractivity contribution in [3.8, 4) is 0 Å². The van der Waals surface area contributed by atoms with E-state index in [0.29, 0.717) is 24.0 Å². The number of hydrogen-bond donors (Lipinski definition) is 1. The summed E-state index contributed by atoms with van der Waals surface area (Å²) in [6.07, 6.45) is 1.57. The van der Waals surface area contributed by atoms with Gasteiger partial charge in [-0.25, -0.2) is 15.0 Å². The van der Waals surface area contributed by atoms with Crippen molar-refractivity contribution in [2.75, 3.05) is 0 Å². The van der Waals surface area contributed by atoms with E-state index in [1.165, 1.54) is 0 Å². The van der Waals surface area contributed by atoms with Crippen LogP contribution < -0.4 is 5.32 Å². The lowest BCUT2D eigenvalue weighted by molar-refractivity contribution is 0.0945. The molecule has 0 bridgehead atoms. The molecule has 0 aliphatic heterocycles. The summed E-state index contributed by atoms with van der Waals surface area (Å²) < 4.78 is 5.42.